The molecule has 0 heterocycles. The third-order valence-electron chi connectivity index (χ3n) is 2.96. The van der Waals surface area contributed by atoms with Gasteiger partial charge in [-0.3, -0.25) is 4.79 Å². The molecule has 0 saturated heterocycles. The molecular weight excluding hydrogens is 244 g/mol. The zero-order chi connectivity index (χ0) is 13.7. The second kappa shape index (κ2) is 6.46. The smallest absolute Gasteiger partial charge is 0.161 e. The van der Waals surface area contributed by atoms with Gasteiger partial charge in [-0.15, -0.1) is 0 Å². The summed E-state index contributed by atoms with van der Waals surface area (Å²) in [5.41, 5.74) is 2.09. The molecule has 0 saturated carbocycles. The average molecular weight is 262 g/mol. The Morgan fingerprint density at radius 2 is 2.22 bits per heavy atom. The van der Waals surface area contributed by atoms with Crippen molar-refractivity contribution >= 4 is 23.2 Å². The van der Waals surface area contributed by atoms with Gasteiger partial charge in [0.2, 0.25) is 0 Å². The summed E-state index contributed by atoms with van der Waals surface area (Å²) in [5.74, 6) is 1.00. The molecule has 1 aromatic carbocycles. The van der Waals surface area contributed by atoms with E-state index in [1.165, 1.54) is 0 Å². The highest BCUT2D eigenvalue weighted by molar-refractivity contribution is 7.98. The predicted molar refractivity (Wildman–Crippen MR) is 77.4 cm³/mol. The maximum atomic E-state index is 11.6. The molecule has 0 fully saturated rings. The zero-order valence-corrected chi connectivity index (χ0v) is 12.0. The van der Waals surface area contributed by atoms with Crippen molar-refractivity contribution < 1.29 is 4.79 Å². The number of Topliss-reactive ketones (excluding diaryl/α,β-unsaturated/α-hetero) is 1. The number of carbonyl (C=O) groups excluding carboxylic acids is 1. The zero-order valence-electron chi connectivity index (χ0n) is 11.2. The van der Waals surface area contributed by atoms with E-state index >= 15 is 0 Å². The maximum Gasteiger partial charge on any atom is 0.161 e. The van der Waals surface area contributed by atoms with Crippen LogP contribution in [0.4, 0.5) is 5.69 Å². The van der Waals surface area contributed by atoms with Gasteiger partial charge in [-0.05, 0) is 38.3 Å². The van der Waals surface area contributed by atoms with E-state index < -0.39 is 0 Å². The third-order valence-corrected chi connectivity index (χ3v) is 3.77. The Morgan fingerprint density at radius 1 is 1.56 bits per heavy atom. The van der Waals surface area contributed by atoms with Gasteiger partial charge >= 0.3 is 0 Å². The molecule has 0 N–H and O–H groups in total. The van der Waals surface area contributed by atoms with Crippen LogP contribution >= 0.6 is 11.8 Å². The molecule has 96 valence electrons. The number of benzene rings is 1. The highest BCUT2D eigenvalue weighted by atomic mass is 32.2. The number of hydrogen-bond donors (Lipinski definition) is 0. The van der Waals surface area contributed by atoms with Gasteiger partial charge in [0.25, 0.3) is 0 Å². The van der Waals surface area contributed by atoms with Crippen molar-refractivity contribution in [3.8, 4) is 6.07 Å². The second-order valence-corrected chi connectivity index (χ2v) is 5.23. The first-order valence-electron chi connectivity index (χ1n) is 5.78. The third kappa shape index (κ3) is 3.27. The lowest BCUT2D eigenvalue weighted by Gasteiger charge is -2.28. The number of rotatable bonds is 5. The molecule has 3 nitrogen and oxygen atoms in total. The number of anilines is 1. The van der Waals surface area contributed by atoms with Crippen molar-refractivity contribution in [2.75, 3.05) is 24.0 Å². The van der Waals surface area contributed by atoms with E-state index in [9.17, 15) is 4.79 Å². The number of thioether (sulfide) groups is 1. The van der Waals surface area contributed by atoms with E-state index in [-0.39, 0.29) is 5.78 Å². The Labute approximate surface area is 113 Å². The Kier molecular flexibility index (Phi) is 5.24. The van der Waals surface area contributed by atoms with Gasteiger partial charge in [-0.1, -0.05) is 0 Å². The molecule has 18 heavy (non-hydrogen) atoms. The summed E-state index contributed by atoms with van der Waals surface area (Å²) in [6.07, 6.45) is 2.06. The molecule has 0 aromatic heterocycles. The predicted octanol–water partition coefficient (Wildman–Crippen LogP) is 2.95. The summed E-state index contributed by atoms with van der Waals surface area (Å²) in [5, 5.41) is 8.96. The minimum Gasteiger partial charge on any atom is -0.370 e. The molecule has 1 rings (SSSR count). The number of nitrogens with zero attached hydrogens (tertiary/aromatic N) is 2. The summed E-state index contributed by atoms with van der Waals surface area (Å²) >= 11 is 1.77. The van der Waals surface area contributed by atoms with Gasteiger partial charge in [-0.25, -0.2) is 0 Å². The fourth-order valence-electron chi connectivity index (χ4n) is 1.78. The summed E-state index contributed by atoms with van der Waals surface area (Å²) in [6, 6.07) is 7.64. The quantitative estimate of drug-likeness (QED) is 0.765. The van der Waals surface area contributed by atoms with E-state index in [1.54, 1.807) is 36.9 Å². The summed E-state index contributed by atoms with van der Waals surface area (Å²) < 4.78 is 0. The SMILES string of the molecule is CSCC(C)N(C)c1cc(C#N)ccc1C(C)=O. The molecule has 0 aliphatic rings. The van der Waals surface area contributed by atoms with Gasteiger partial charge < -0.3 is 4.90 Å². The fourth-order valence-corrected chi connectivity index (χ4v) is 2.49. The molecule has 0 bridgehead atoms. The lowest BCUT2D eigenvalue weighted by Crippen LogP contribution is -2.32. The summed E-state index contributed by atoms with van der Waals surface area (Å²) in [4.78, 5) is 13.7. The first kappa shape index (κ1) is 14.6. The average Bonchev–Trinajstić information content (AvgIpc) is 2.37. The number of ketones is 1. The van der Waals surface area contributed by atoms with Crippen LogP contribution in [0, 0.1) is 11.3 Å². The van der Waals surface area contributed by atoms with Crippen LogP contribution < -0.4 is 4.90 Å². The Morgan fingerprint density at radius 3 is 2.72 bits per heavy atom. The van der Waals surface area contributed by atoms with E-state index in [4.69, 9.17) is 5.26 Å². The van der Waals surface area contributed by atoms with Gasteiger partial charge in [0.05, 0.1) is 11.6 Å². The van der Waals surface area contributed by atoms with Crippen molar-refractivity contribution in [2.45, 2.75) is 19.9 Å². The minimum absolute atomic E-state index is 0.0256. The first-order chi connectivity index (χ1) is 8.51. The molecule has 0 aliphatic heterocycles. The second-order valence-electron chi connectivity index (χ2n) is 4.32. The van der Waals surface area contributed by atoms with Crippen LogP contribution in [0.5, 0.6) is 0 Å². The van der Waals surface area contributed by atoms with Gasteiger partial charge in [0.15, 0.2) is 5.78 Å². The molecule has 0 radical (unpaired) electrons. The number of hydrogen-bond acceptors (Lipinski definition) is 4. The van der Waals surface area contributed by atoms with Crippen molar-refractivity contribution in [3.05, 3.63) is 29.3 Å². The van der Waals surface area contributed by atoms with E-state index in [1.807, 2.05) is 7.05 Å². The Hall–Kier alpha value is -1.47. The van der Waals surface area contributed by atoms with Gasteiger partial charge in [-0.2, -0.15) is 17.0 Å². The van der Waals surface area contributed by atoms with Crippen molar-refractivity contribution in [1.29, 1.82) is 5.26 Å². The van der Waals surface area contributed by atoms with E-state index in [2.05, 4.69) is 24.1 Å². The van der Waals surface area contributed by atoms with Crippen molar-refractivity contribution in [3.63, 3.8) is 0 Å². The maximum absolute atomic E-state index is 11.6. The molecule has 0 spiro atoms. The van der Waals surface area contributed by atoms with Crippen LogP contribution in [0.3, 0.4) is 0 Å². The monoisotopic (exact) mass is 262 g/mol. The van der Waals surface area contributed by atoms with Gasteiger partial charge in [0.1, 0.15) is 0 Å². The molecule has 4 heteroatoms. The highest BCUT2D eigenvalue weighted by Gasteiger charge is 2.16. The largest absolute Gasteiger partial charge is 0.370 e. The van der Waals surface area contributed by atoms with Crippen LogP contribution in [0.15, 0.2) is 18.2 Å². The molecule has 1 atom stereocenters. The van der Waals surface area contributed by atoms with E-state index in [0.717, 1.165) is 11.4 Å². The molecule has 0 aliphatic carbocycles. The normalized spacial score (nSPS) is 11.7. The Balaban J connectivity index is 3.19. The summed E-state index contributed by atoms with van der Waals surface area (Å²) in [6.45, 7) is 3.66. The molecule has 1 unspecified atom stereocenters. The van der Waals surface area contributed by atoms with Crippen molar-refractivity contribution in [1.82, 2.24) is 0 Å². The lowest BCUT2D eigenvalue weighted by atomic mass is 10.0. The number of carbonyl (C=O) groups is 1. The Bertz CT molecular complexity index is 479. The highest BCUT2D eigenvalue weighted by Crippen LogP contribution is 2.24. The standard InChI is InChI=1S/C14H18N2OS/c1-10(9-18-4)16(3)14-7-12(8-15)5-6-13(14)11(2)17/h5-7,10H,9H2,1-4H3. The van der Waals surface area contributed by atoms with Crippen molar-refractivity contribution in [2.24, 2.45) is 0 Å². The minimum atomic E-state index is 0.0256. The molecule has 0 amide bonds. The molecule has 1 aromatic rings. The van der Waals surface area contributed by atoms with Crippen LogP contribution in [0.2, 0.25) is 0 Å². The number of nitriles is 1. The molecular formula is C14H18N2OS. The lowest BCUT2D eigenvalue weighted by molar-refractivity contribution is 0.101. The summed E-state index contributed by atoms with van der Waals surface area (Å²) in [7, 11) is 1.96. The first-order valence-corrected chi connectivity index (χ1v) is 7.17. The van der Waals surface area contributed by atoms with Gasteiger partial charge in [0, 0.05) is 30.1 Å². The topological polar surface area (TPSA) is 44.1 Å². The fraction of sp³-hybridized carbons (Fsp3) is 0.429. The van der Waals surface area contributed by atoms with Crippen LogP contribution in [0.1, 0.15) is 29.8 Å². The van der Waals surface area contributed by atoms with Crippen LogP contribution in [-0.4, -0.2) is 30.9 Å². The van der Waals surface area contributed by atoms with Crippen LogP contribution in [-0.2, 0) is 0 Å². The van der Waals surface area contributed by atoms with E-state index in [0.29, 0.717) is 17.2 Å². The van der Waals surface area contributed by atoms with Crippen LogP contribution in [0.25, 0.3) is 0 Å².